The van der Waals surface area contributed by atoms with Crippen molar-refractivity contribution < 1.29 is 4.39 Å². The second-order valence-electron chi connectivity index (χ2n) is 6.04. The topological polar surface area (TPSA) is 17.8 Å². The van der Waals surface area contributed by atoms with E-state index >= 15 is 0 Å². The second-order valence-corrected chi connectivity index (χ2v) is 8.14. The fourth-order valence-corrected chi connectivity index (χ4v) is 5.32. The van der Waals surface area contributed by atoms with Gasteiger partial charge < -0.3 is 0 Å². The Morgan fingerprint density at radius 1 is 0.769 bits per heavy atom. The quantitative estimate of drug-likeness (QED) is 0.502. The first-order valence-electron chi connectivity index (χ1n) is 8.44. The van der Waals surface area contributed by atoms with Crippen LogP contribution in [0.1, 0.15) is 5.69 Å². The molecule has 4 rings (SSSR count). The highest BCUT2D eigenvalue weighted by Crippen LogP contribution is 2.33. The summed E-state index contributed by atoms with van der Waals surface area (Å²) in [4.78, 5) is 4.86. The highest BCUT2D eigenvalue weighted by molar-refractivity contribution is 7.79. The second kappa shape index (κ2) is 7.23. The van der Waals surface area contributed by atoms with Gasteiger partial charge in [0.1, 0.15) is 11.4 Å². The number of aryl methyl sites for hydroxylation is 1. The van der Waals surface area contributed by atoms with Crippen LogP contribution in [-0.4, -0.2) is 9.55 Å². The average Bonchev–Trinajstić information content (AvgIpc) is 3.05. The number of rotatable bonds is 4. The van der Waals surface area contributed by atoms with Gasteiger partial charge >= 0.3 is 0 Å². The molecule has 0 aliphatic rings. The van der Waals surface area contributed by atoms with E-state index in [1.54, 1.807) is 12.1 Å². The third-order valence-electron chi connectivity index (χ3n) is 4.14. The fourth-order valence-electron chi connectivity index (χ4n) is 2.97. The summed E-state index contributed by atoms with van der Waals surface area (Å²) in [5.74, 6) is -0.236. The number of halogens is 1. The standard InChI is InChI=1S/C22H18FN2P/c1-17-16-25(19-14-12-18(23)13-15-19)22(24-17)26(20-8-4-2-5-9-20)21-10-6-3-7-11-21/h2-16H,1H3. The van der Waals surface area contributed by atoms with Gasteiger partial charge in [-0.15, -0.1) is 0 Å². The monoisotopic (exact) mass is 360 g/mol. The summed E-state index contributed by atoms with van der Waals surface area (Å²) in [6, 6.07) is 27.5. The smallest absolute Gasteiger partial charge is 0.145 e. The lowest BCUT2D eigenvalue weighted by Crippen LogP contribution is -2.27. The van der Waals surface area contributed by atoms with Gasteiger partial charge in [-0.2, -0.15) is 0 Å². The minimum atomic E-state index is -0.819. The molecule has 0 aliphatic carbocycles. The zero-order valence-corrected chi connectivity index (χ0v) is 15.3. The van der Waals surface area contributed by atoms with Crippen LogP contribution in [0.15, 0.2) is 91.1 Å². The predicted octanol–water partition coefficient (Wildman–Crippen LogP) is 4.08. The minimum Gasteiger partial charge on any atom is -0.299 e. The molecular weight excluding hydrogens is 342 g/mol. The van der Waals surface area contributed by atoms with Crippen LogP contribution in [0.5, 0.6) is 0 Å². The van der Waals surface area contributed by atoms with Crippen LogP contribution in [0.4, 0.5) is 4.39 Å². The van der Waals surface area contributed by atoms with Crippen LogP contribution in [-0.2, 0) is 0 Å². The number of aromatic nitrogens is 2. The maximum absolute atomic E-state index is 13.4. The lowest BCUT2D eigenvalue weighted by molar-refractivity contribution is 0.627. The zero-order valence-electron chi connectivity index (χ0n) is 14.4. The van der Waals surface area contributed by atoms with Crippen molar-refractivity contribution in [2.24, 2.45) is 0 Å². The first-order chi connectivity index (χ1) is 12.7. The molecular formula is C22H18FN2P. The molecule has 4 heteroatoms. The van der Waals surface area contributed by atoms with E-state index < -0.39 is 7.92 Å². The van der Waals surface area contributed by atoms with Gasteiger partial charge in [-0.3, -0.25) is 4.57 Å². The molecule has 2 nitrogen and oxygen atoms in total. The van der Waals surface area contributed by atoms with Crippen molar-refractivity contribution in [3.8, 4) is 5.69 Å². The highest BCUT2D eigenvalue weighted by atomic mass is 31.1. The molecule has 0 unspecified atom stereocenters. The molecule has 3 aromatic carbocycles. The molecule has 0 fully saturated rings. The van der Waals surface area contributed by atoms with Crippen molar-refractivity contribution in [1.82, 2.24) is 9.55 Å². The fraction of sp³-hybridized carbons (Fsp3) is 0.0455. The van der Waals surface area contributed by atoms with Crippen LogP contribution in [0.3, 0.4) is 0 Å². The SMILES string of the molecule is Cc1cn(-c2ccc(F)cc2)c(P(c2ccccc2)c2ccccc2)n1. The van der Waals surface area contributed by atoms with Gasteiger partial charge in [0.05, 0.1) is 5.69 Å². The van der Waals surface area contributed by atoms with Gasteiger partial charge in [0.25, 0.3) is 0 Å². The maximum atomic E-state index is 13.4. The van der Waals surface area contributed by atoms with Crippen molar-refractivity contribution >= 4 is 24.1 Å². The third kappa shape index (κ3) is 3.31. The molecule has 0 bridgehead atoms. The summed E-state index contributed by atoms with van der Waals surface area (Å²) in [5.41, 5.74) is 2.85. The van der Waals surface area contributed by atoms with Crippen molar-refractivity contribution in [3.63, 3.8) is 0 Å². The zero-order chi connectivity index (χ0) is 17.9. The van der Waals surface area contributed by atoms with Crippen LogP contribution in [0, 0.1) is 12.7 Å². The molecule has 0 saturated carbocycles. The van der Waals surface area contributed by atoms with Crippen molar-refractivity contribution in [3.05, 3.63) is 103 Å². The van der Waals surface area contributed by atoms with E-state index in [-0.39, 0.29) is 5.82 Å². The predicted molar refractivity (Wildman–Crippen MR) is 107 cm³/mol. The van der Waals surface area contributed by atoms with E-state index in [0.717, 1.165) is 16.9 Å². The molecule has 0 N–H and O–H groups in total. The Morgan fingerprint density at radius 3 is 1.85 bits per heavy atom. The Hall–Kier alpha value is -2.77. The molecule has 4 aromatic rings. The van der Waals surface area contributed by atoms with E-state index in [2.05, 4.69) is 53.1 Å². The average molecular weight is 360 g/mol. The summed E-state index contributed by atoms with van der Waals surface area (Å²) in [7, 11) is -0.819. The van der Waals surface area contributed by atoms with Gasteiger partial charge in [-0.1, -0.05) is 60.7 Å². The van der Waals surface area contributed by atoms with Crippen LogP contribution in [0.2, 0.25) is 0 Å². The Morgan fingerprint density at radius 2 is 1.31 bits per heavy atom. The highest BCUT2D eigenvalue weighted by Gasteiger charge is 2.22. The normalized spacial score (nSPS) is 11.0. The number of imidazole rings is 1. The molecule has 0 amide bonds. The lowest BCUT2D eigenvalue weighted by Gasteiger charge is -2.19. The Balaban J connectivity index is 1.91. The molecule has 0 aliphatic heterocycles. The van der Waals surface area contributed by atoms with E-state index in [1.807, 2.05) is 25.3 Å². The third-order valence-corrected chi connectivity index (χ3v) is 6.49. The maximum Gasteiger partial charge on any atom is 0.145 e. The van der Waals surface area contributed by atoms with Gasteiger partial charge in [0.15, 0.2) is 0 Å². The summed E-state index contributed by atoms with van der Waals surface area (Å²) < 4.78 is 15.5. The summed E-state index contributed by atoms with van der Waals surface area (Å²) in [5, 5.41) is 2.48. The Bertz CT molecular complexity index is 956. The first kappa shape index (κ1) is 16.7. The minimum absolute atomic E-state index is 0.236. The molecule has 0 spiro atoms. The van der Waals surface area contributed by atoms with Crippen molar-refractivity contribution in [2.45, 2.75) is 6.92 Å². The van der Waals surface area contributed by atoms with Gasteiger partial charge in [-0.25, -0.2) is 9.37 Å². The Labute approximate surface area is 153 Å². The van der Waals surface area contributed by atoms with Crippen molar-refractivity contribution in [1.29, 1.82) is 0 Å². The van der Waals surface area contributed by atoms with E-state index in [9.17, 15) is 4.39 Å². The molecule has 128 valence electrons. The van der Waals surface area contributed by atoms with Crippen LogP contribution >= 0.6 is 7.92 Å². The Kier molecular flexibility index (Phi) is 4.64. The molecule has 0 radical (unpaired) electrons. The van der Waals surface area contributed by atoms with Gasteiger partial charge in [-0.05, 0) is 41.8 Å². The molecule has 26 heavy (non-hydrogen) atoms. The summed E-state index contributed by atoms with van der Waals surface area (Å²) in [6.45, 7) is 1.99. The summed E-state index contributed by atoms with van der Waals surface area (Å²) >= 11 is 0. The molecule has 0 saturated heterocycles. The largest absolute Gasteiger partial charge is 0.299 e. The van der Waals surface area contributed by atoms with E-state index in [4.69, 9.17) is 4.98 Å². The molecule has 1 heterocycles. The lowest BCUT2D eigenvalue weighted by atomic mass is 10.3. The number of hydrogen-bond acceptors (Lipinski definition) is 1. The number of nitrogens with zero attached hydrogens (tertiary/aromatic N) is 2. The number of benzene rings is 3. The van der Waals surface area contributed by atoms with Gasteiger partial charge in [0, 0.05) is 19.8 Å². The number of hydrogen-bond donors (Lipinski definition) is 0. The van der Waals surface area contributed by atoms with Crippen molar-refractivity contribution in [2.75, 3.05) is 0 Å². The van der Waals surface area contributed by atoms with Crippen LogP contribution in [0.25, 0.3) is 5.69 Å². The first-order valence-corrected chi connectivity index (χ1v) is 9.79. The summed E-state index contributed by atoms with van der Waals surface area (Å²) in [6.07, 6.45) is 2.02. The van der Waals surface area contributed by atoms with E-state index in [0.29, 0.717) is 0 Å². The van der Waals surface area contributed by atoms with E-state index in [1.165, 1.54) is 22.7 Å². The van der Waals surface area contributed by atoms with Gasteiger partial charge in [0.2, 0.25) is 0 Å². The molecule has 0 atom stereocenters. The van der Waals surface area contributed by atoms with Crippen LogP contribution < -0.4 is 16.2 Å². The molecule has 1 aromatic heterocycles.